The smallest absolute Gasteiger partial charge is 0.349 e. The molecule has 1 N–H and O–H groups in total. The van der Waals surface area contributed by atoms with Gasteiger partial charge in [0.15, 0.2) is 11.6 Å². The molecule has 0 amide bonds. The quantitative estimate of drug-likeness (QED) is 0.515. The number of benzene rings is 1. The number of carbonyl (C=O) groups excluding carboxylic acids is 2. The molecular weight excluding hydrogens is 269 g/mol. The fourth-order valence-electron chi connectivity index (χ4n) is 1.28. The third kappa shape index (κ3) is 3.30. The summed E-state index contributed by atoms with van der Waals surface area (Å²) in [6.07, 6.45) is -1.11. The largest absolute Gasteiger partial charge is 0.481 e. The van der Waals surface area contributed by atoms with Gasteiger partial charge in [-0.05, 0) is 6.92 Å². The second-order valence-electron chi connectivity index (χ2n) is 3.49. The summed E-state index contributed by atoms with van der Waals surface area (Å²) in [5.74, 6) is -8.95. The molecule has 5 nitrogen and oxygen atoms in total. The molecule has 0 aromatic heterocycles. The molecule has 0 spiro atoms. The topological polar surface area (TPSA) is 80.7 Å². The Labute approximate surface area is 104 Å². The van der Waals surface area contributed by atoms with E-state index >= 15 is 0 Å². The van der Waals surface area contributed by atoms with Crippen molar-refractivity contribution in [1.29, 1.82) is 0 Å². The van der Waals surface area contributed by atoms with Crippen LogP contribution >= 0.6 is 0 Å². The van der Waals surface area contributed by atoms with Crippen LogP contribution in [0, 0.1) is 24.4 Å². The molecule has 0 fully saturated rings. The van der Waals surface area contributed by atoms with Crippen LogP contribution in [0.1, 0.15) is 22.3 Å². The highest BCUT2D eigenvalue weighted by molar-refractivity contribution is 6.01. The molecule has 0 saturated carbocycles. The predicted octanol–water partition coefficient (Wildman–Crippen LogP) is 1.57. The number of aliphatic carboxylic acids is 1. The van der Waals surface area contributed by atoms with E-state index in [1.54, 1.807) is 0 Å². The van der Waals surface area contributed by atoms with Gasteiger partial charge >= 0.3 is 17.9 Å². The van der Waals surface area contributed by atoms with Gasteiger partial charge < -0.3 is 9.84 Å². The van der Waals surface area contributed by atoms with E-state index in [-0.39, 0.29) is 6.07 Å². The number of rotatable bonds is 3. The molecule has 0 heterocycles. The van der Waals surface area contributed by atoms with E-state index in [0.29, 0.717) is 0 Å². The lowest BCUT2D eigenvalue weighted by Crippen LogP contribution is -2.18. The number of esters is 2. The van der Waals surface area contributed by atoms with Gasteiger partial charge in [-0.25, -0.2) is 18.0 Å². The van der Waals surface area contributed by atoms with Crippen LogP contribution in [0.15, 0.2) is 6.07 Å². The Balaban J connectivity index is 3.04. The predicted molar refractivity (Wildman–Crippen MR) is 53.7 cm³/mol. The summed E-state index contributed by atoms with van der Waals surface area (Å²) < 4.78 is 43.3. The molecular formula is C11H7F3O5. The van der Waals surface area contributed by atoms with Crippen molar-refractivity contribution >= 4 is 17.9 Å². The molecule has 0 saturated heterocycles. The number of carboxylic acids is 1. The lowest BCUT2D eigenvalue weighted by Gasteiger charge is -2.07. The molecule has 1 rings (SSSR count). The molecule has 102 valence electrons. The molecule has 0 bridgehead atoms. The highest BCUT2D eigenvalue weighted by atomic mass is 19.2. The second kappa shape index (κ2) is 5.51. The molecule has 0 aliphatic rings. The molecule has 0 unspecified atom stereocenters. The monoisotopic (exact) mass is 276 g/mol. The van der Waals surface area contributed by atoms with Crippen LogP contribution in [-0.2, 0) is 14.3 Å². The van der Waals surface area contributed by atoms with Gasteiger partial charge in [-0.1, -0.05) is 0 Å². The summed E-state index contributed by atoms with van der Waals surface area (Å²) in [6, 6.07) is 0.126. The first kappa shape index (κ1) is 14.7. The third-order valence-electron chi connectivity index (χ3n) is 2.11. The number of carbonyl (C=O) groups is 3. The lowest BCUT2D eigenvalue weighted by atomic mass is 10.1. The molecule has 1 aromatic rings. The Kier molecular flexibility index (Phi) is 4.26. The summed E-state index contributed by atoms with van der Waals surface area (Å²) in [4.78, 5) is 32.4. The number of halogens is 3. The van der Waals surface area contributed by atoms with Crippen LogP contribution < -0.4 is 0 Å². The Morgan fingerprint density at radius 1 is 1.21 bits per heavy atom. The molecule has 0 radical (unpaired) electrons. The number of carboxylic acid groups (broad SMARTS) is 1. The SMILES string of the molecule is Cc1c(F)c(F)cc(F)c1C(=O)OC(=O)CC(=O)O. The minimum absolute atomic E-state index is 0.126. The van der Waals surface area contributed by atoms with Gasteiger partial charge in [0.25, 0.3) is 0 Å². The van der Waals surface area contributed by atoms with Gasteiger partial charge in [-0.15, -0.1) is 0 Å². The zero-order valence-corrected chi connectivity index (χ0v) is 9.50. The Morgan fingerprint density at radius 2 is 1.79 bits per heavy atom. The van der Waals surface area contributed by atoms with E-state index in [4.69, 9.17) is 5.11 Å². The van der Waals surface area contributed by atoms with Crippen molar-refractivity contribution in [3.05, 3.63) is 34.6 Å². The van der Waals surface area contributed by atoms with E-state index in [1.807, 2.05) is 0 Å². The summed E-state index contributed by atoms with van der Waals surface area (Å²) >= 11 is 0. The Bertz CT molecular complexity index is 568. The van der Waals surface area contributed by atoms with E-state index in [0.717, 1.165) is 6.92 Å². The Morgan fingerprint density at radius 3 is 2.32 bits per heavy atom. The highest BCUT2D eigenvalue weighted by Crippen LogP contribution is 2.20. The van der Waals surface area contributed by atoms with E-state index < -0.39 is 52.9 Å². The summed E-state index contributed by atoms with van der Waals surface area (Å²) in [5.41, 5.74) is -1.64. The maximum atomic E-state index is 13.3. The van der Waals surface area contributed by atoms with Crippen LogP contribution in [0.5, 0.6) is 0 Å². The lowest BCUT2D eigenvalue weighted by molar-refractivity contribution is -0.147. The molecule has 8 heteroatoms. The zero-order chi connectivity index (χ0) is 14.7. The fraction of sp³-hybridized carbons (Fsp3) is 0.182. The first-order valence-electron chi connectivity index (χ1n) is 4.85. The first-order chi connectivity index (χ1) is 8.73. The second-order valence-corrected chi connectivity index (χ2v) is 3.49. The van der Waals surface area contributed by atoms with Crippen molar-refractivity contribution in [3.63, 3.8) is 0 Å². The highest BCUT2D eigenvalue weighted by Gasteiger charge is 2.24. The zero-order valence-electron chi connectivity index (χ0n) is 9.50. The summed E-state index contributed by atoms with van der Waals surface area (Å²) in [6.45, 7) is 0.916. The molecule has 0 atom stereocenters. The van der Waals surface area contributed by atoms with Crippen molar-refractivity contribution in [2.24, 2.45) is 0 Å². The summed E-state index contributed by atoms with van der Waals surface area (Å²) in [7, 11) is 0. The molecule has 0 aliphatic heterocycles. The van der Waals surface area contributed by atoms with Crippen molar-refractivity contribution in [2.75, 3.05) is 0 Å². The minimum atomic E-state index is -1.58. The maximum Gasteiger partial charge on any atom is 0.349 e. The summed E-state index contributed by atoms with van der Waals surface area (Å²) in [5, 5.41) is 8.26. The average molecular weight is 276 g/mol. The van der Waals surface area contributed by atoms with Crippen LogP contribution in [0.25, 0.3) is 0 Å². The van der Waals surface area contributed by atoms with Gasteiger partial charge in [0, 0.05) is 11.6 Å². The van der Waals surface area contributed by atoms with Crippen molar-refractivity contribution in [1.82, 2.24) is 0 Å². The van der Waals surface area contributed by atoms with E-state index in [2.05, 4.69) is 4.74 Å². The standard InChI is InChI=1S/C11H7F3O5/c1-4-9(5(12)2-6(13)10(4)14)11(18)19-8(17)3-7(15)16/h2H,3H2,1H3,(H,15,16). The normalized spacial score (nSPS) is 10.1. The fourth-order valence-corrected chi connectivity index (χ4v) is 1.28. The average Bonchev–Trinajstić information content (AvgIpc) is 2.24. The maximum absolute atomic E-state index is 13.3. The number of hydrogen-bond donors (Lipinski definition) is 1. The van der Waals surface area contributed by atoms with Gasteiger partial charge in [0.2, 0.25) is 0 Å². The van der Waals surface area contributed by atoms with Crippen molar-refractivity contribution in [3.8, 4) is 0 Å². The molecule has 0 aliphatic carbocycles. The Hall–Kier alpha value is -2.38. The third-order valence-corrected chi connectivity index (χ3v) is 2.11. The van der Waals surface area contributed by atoms with Crippen LogP contribution in [-0.4, -0.2) is 23.0 Å². The van der Waals surface area contributed by atoms with Gasteiger partial charge in [-0.3, -0.25) is 9.59 Å². The van der Waals surface area contributed by atoms with Crippen molar-refractivity contribution in [2.45, 2.75) is 13.3 Å². The molecule has 19 heavy (non-hydrogen) atoms. The van der Waals surface area contributed by atoms with Gasteiger partial charge in [0.05, 0.1) is 0 Å². The van der Waals surface area contributed by atoms with Crippen LogP contribution in [0.3, 0.4) is 0 Å². The first-order valence-corrected chi connectivity index (χ1v) is 4.85. The number of hydrogen-bond acceptors (Lipinski definition) is 4. The van der Waals surface area contributed by atoms with E-state index in [1.165, 1.54) is 0 Å². The number of ether oxygens (including phenoxy) is 1. The van der Waals surface area contributed by atoms with E-state index in [9.17, 15) is 27.6 Å². The minimum Gasteiger partial charge on any atom is -0.481 e. The van der Waals surface area contributed by atoms with Gasteiger partial charge in [-0.2, -0.15) is 0 Å². The van der Waals surface area contributed by atoms with Crippen LogP contribution in [0.4, 0.5) is 13.2 Å². The molecule has 1 aromatic carbocycles. The van der Waals surface area contributed by atoms with Crippen LogP contribution in [0.2, 0.25) is 0 Å². The van der Waals surface area contributed by atoms with Gasteiger partial charge in [0.1, 0.15) is 17.8 Å². The van der Waals surface area contributed by atoms with Crippen molar-refractivity contribution < 1.29 is 37.4 Å².